The molecule has 8 nitrogen and oxygen atoms in total. The Kier molecular flexibility index (Phi) is 1.28. The molecular weight excluding hydrogens is 392 g/mol. The molecule has 0 aliphatic heterocycles. The summed E-state index contributed by atoms with van der Waals surface area (Å²) in [5, 5.41) is 72.4. The number of hydrogen-bond donors (Lipinski definition) is 0. The Bertz CT molecular complexity index is 616. The van der Waals surface area contributed by atoms with E-state index < -0.39 is 11.1 Å². The van der Waals surface area contributed by atoms with E-state index in [2.05, 4.69) is 0 Å². The fraction of sp³-hybridized carbons (Fsp3) is 0. The molecule has 0 spiro atoms. The third-order valence-electron chi connectivity index (χ3n) is 2.56. The van der Waals surface area contributed by atoms with Crippen LogP contribution in [0.2, 0.25) is 0 Å². The fourth-order valence-corrected chi connectivity index (χ4v) is 4.68. The van der Waals surface area contributed by atoms with E-state index in [1.54, 1.807) is 0 Å². The van der Waals surface area contributed by atoms with E-state index in [1.165, 1.54) is 0 Å². The van der Waals surface area contributed by atoms with Crippen molar-refractivity contribution in [1.29, 1.82) is 42.1 Å². The molecule has 0 aliphatic rings. The van der Waals surface area contributed by atoms with Gasteiger partial charge in [0.2, 0.25) is 0 Å². The summed E-state index contributed by atoms with van der Waals surface area (Å²) < 4.78 is 5.33. The molecule has 0 heterocycles. The Morgan fingerprint density at radius 3 is 0.471 bits per heavy atom. The first-order chi connectivity index (χ1) is 7.66. The number of nitriles is 8. The molecular formula is C8N8W. The molecule has 9 heteroatoms. The minimum atomic E-state index is -9.52. The Hall–Kier alpha value is -3.39. The fourth-order valence-electron chi connectivity index (χ4n) is 0.572. The van der Waals surface area contributed by atoms with Crippen molar-refractivity contribution in [2.45, 2.75) is 0 Å². The summed E-state index contributed by atoms with van der Waals surface area (Å²) >= 11 is -9.52. The zero-order valence-electron chi connectivity index (χ0n) is 7.99. The van der Waals surface area contributed by atoms with Gasteiger partial charge in [-0.15, -0.1) is 0 Å². The van der Waals surface area contributed by atoms with Crippen molar-refractivity contribution in [1.82, 2.24) is 0 Å². The van der Waals surface area contributed by atoms with E-state index in [4.69, 9.17) is 42.1 Å². The van der Waals surface area contributed by atoms with Gasteiger partial charge < -0.3 is 0 Å². The number of hydrogen-bond acceptors (Lipinski definition) is 8. The zero-order chi connectivity index (χ0) is 14.0. The van der Waals surface area contributed by atoms with E-state index in [-0.39, 0.29) is 0 Å². The van der Waals surface area contributed by atoms with E-state index in [9.17, 15) is 0 Å². The monoisotopic (exact) mass is 392 g/mol. The molecule has 0 aliphatic carbocycles. The SMILES string of the molecule is N#[C][W]([C]#N)([C]#N)([C]#N)([C]#N)([C]#N)([C]#N)[C]#N. The Morgan fingerprint density at radius 2 is 0.471 bits per heavy atom. The second-order valence-corrected chi connectivity index (χ2v) is 29.4. The van der Waals surface area contributed by atoms with Crippen LogP contribution in [0.1, 0.15) is 0 Å². The Labute approximate surface area is 88.9 Å². The average Bonchev–Trinajstić information content (AvgIpc) is 2.48. The molecule has 0 N–H and O–H groups in total. The van der Waals surface area contributed by atoms with Crippen molar-refractivity contribution < 1.29 is 11.1 Å². The second-order valence-electron chi connectivity index (χ2n) is 3.59. The molecule has 0 aromatic carbocycles. The third kappa shape index (κ3) is 0.513. The van der Waals surface area contributed by atoms with Crippen LogP contribution in [0.25, 0.3) is 0 Å². The summed E-state index contributed by atoms with van der Waals surface area (Å²) in [6.07, 6.45) is 0. The van der Waals surface area contributed by atoms with Crippen LogP contribution >= 0.6 is 0 Å². The predicted octanol–water partition coefficient (Wildman–Crippen LogP) is 0.132. The van der Waals surface area contributed by atoms with Crippen molar-refractivity contribution in [2.75, 3.05) is 0 Å². The van der Waals surface area contributed by atoms with Crippen molar-refractivity contribution in [3.8, 4) is 35.7 Å². The van der Waals surface area contributed by atoms with Crippen LogP contribution in [-0.4, -0.2) is 0 Å². The average molecular weight is 392 g/mol. The molecule has 0 unspecified atom stereocenters. The quantitative estimate of drug-likeness (QED) is 0.555. The van der Waals surface area contributed by atoms with Crippen LogP contribution in [0.3, 0.4) is 0 Å². The molecule has 0 aromatic heterocycles. The van der Waals surface area contributed by atoms with Gasteiger partial charge in [-0.2, -0.15) is 0 Å². The number of rotatable bonds is 0. The van der Waals surface area contributed by atoms with Gasteiger partial charge in [-0.1, -0.05) is 0 Å². The van der Waals surface area contributed by atoms with E-state index in [0.29, 0.717) is 35.7 Å². The molecule has 0 saturated carbocycles. The van der Waals surface area contributed by atoms with Gasteiger partial charge in [-0.25, -0.2) is 0 Å². The first kappa shape index (κ1) is 13.6. The minimum absolute atomic E-state index is 0.667. The standard InChI is InChI=1S/8CN.W/c8*1-2;. The first-order valence-corrected chi connectivity index (χ1v) is 15.2. The van der Waals surface area contributed by atoms with Gasteiger partial charge in [0.1, 0.15) is 0 Å². The predicted molar refractivity (Wildman–Crippen MR) is 44.9 cm³/mol. The maximum absolute atomic E-state index is 9.52. The van der Waals surface area contributed by atoms with Crippen molar-refractivity contribution >= 4 is 0 Å². The molecule has 78 valence electrons. The summed E-state index contributed by atoms with van der Waals surface area (Å²) in [5.74, 6) is 0. The molecule has 0 bridgehead atoms. The Morgan fingerprint density at radius 1 is 0.353 bits per heavy atom. The topological polar surface area (TPSA) is 190 Å². The van der Waals surface area contributed by atoms with Gasteiger partial charge in [0.25, 0.3) is 0 Å². The summed E-state index contributed by atoms with van der Waals surface area (Å²) in [5.41, 5.74) is 0. The molecule has 0 fully saturated rings. The van der Waals surface area contributed by atoms with Gasteiger partial charge in [0.15, 0.2) is 0 Å². The summed E-state index contributed by atoms with van der Waals surface area (Å²) in [7, 11) is 0. The van der Waals surface area contributed by atoms with Gasteiger partial charge in [0, 0.05) is 0 Å². The molecule has 0 aromatic rings. The summed E-state index contributed by atoms with van der Waals surface area (Å²) in [6, 6.07) is 0. The molecule has 0 rings (SSSR count). The van der Waals surface area contributed by atoms with Crippen LogP contribution in [-0.2, 0) is 11.1 Å². The van der Waals surface area contributed by atoms with Crippen LogP contribution in [0.15, 0.2) is 0 Å². The third-order valence-corrected chi connectivity index (χ3v) is 20.9. The molecule has 0 amide bonds. The maximum atomic E-state index is 9.05. The van der Waals surface area contributed by atoms with Crippen LogP contribution < -0.4 is 0 Å². The van der Waals surface area contributed by atoms with E-state index >= 15 is 0 Å². The van der Waals surface area contributed by atoms with Crippen molar-refractivity contribution in [3.05, 3.63) is 0 Å². The normalized spacial score (nSPS) is 17.4. The summed E-state index contributed by atoms with van der Waals surface area (Å²) in [4.78, 5) is 0. The van der Waals surface area contributed by atoms with Crippen LogP contribution in [0.4, 0.5) is 0 Å². The first-order valence-electron chi connectivity index (χ1n) is 3.42. The molecule has 17 heavy (non-hydrogen) atoms. The van der Waals surface area contributed by atoms with Crippen molar-refractivity contribution in [2.24, 2.45) is 0 Å². The van der Waals surface area contributed by atoms with Gasteiger partial charge in [-0.05, 0) is 0 Å². The number of nitrogens with zero attached hydrogens (tertiary/aromatic N) is 8. The zero-order valence-corrected chi connectivity index (χ0v) is 10.9. The van der Waals surface area contributed by atoms with E-state index in [1.807, 2.05) is 0 Å². The molecule has 0 saturated heterocycles. The molecule has 0 radical (unpaired) electrons. The van der Waals surface area contributed by atoms with Gasteiger partial charge in [0.05, 0.1) is 0 Å². The Balaban J connectivity index is 9.02. The molecule has 0 atom stereocenters. The van der Waals surface area contributed by atoms with Gasteiger partial charge >= 0.3 is 88.8 Å². The summed E-state index contributed by atoms with van der Waals surface area (Å²) in [6.45, 7) is 0. The van der Waals surface area contributed by atoms with Gasteiger partial charge in [-0.3, -0.25) is 0 Å². The van der Waals surface area contributed by atoms with E-state index in [0.717, 1.165) is 0 Å². The second kappa shape index (κ2) is 1.60. The van der Waals surface area contributed by atoms with Crippen LogP contribution in [0, 0.1) is 77.8 Å². The van der Waals surface area contributed by atoms with Crippen LogP contribution in [0.5, 0.6) is 0 Å². The van der Waals surface area contributed by atoms with Crippen molar-refractivity contribution in [3.63, 3.8) is 0 Å².